The Morgan fingerprint density at radius 1 is 0.875 bits per heavy atom. The summed E-state index contributed by atoms with van der Waals surface area (Å²) in [5.74, 6) is -0.505. The minimum Gasteiger partial charge on any atom is -0.343 e. The lowest BCUT2D eigenvalue weighted by Gasteiger charge is -2.10. The van der Waals surface area contributed by atoms with Crippen molar-refractivity contribution in [1.82, 2.24) is 5.32 Å². The first kappa shape index (κ1) is 15.7. The predicted octanol–water partition coefficient (Wildman–Crippen LogP) is 3.52. The molecule has 3 aromatic carbocycles. The number of aryl methyl sites for hydroxylation is 1. The molecule has 0 fully saturated rings. The number of carbonyl (C=O) groups is 2. The molecule has 120 valence electrons. The molecule has 4 nitrogen and oxygen atoms in total. The lowest BCUT2D eigenvalue weighted by Crippen LogP contribution is -2.33. The number of amides is 2. The molecule has 2 amide bonds. The van der Waals surface area contributed by atoms with E-state index in [1.807, 2.05) is 61.5 Å². The van der Waals surface area contributed by atoms with E-state index in [0.29, 0.717) is 5.56 Å². The summed E-state index contributed by atoms with van der Waals surface area (Å²) in [6.07, 6.45) is 0. The second kappa shape index (κ2) is 6.96. The van der Waals surface area contributed by atoms with Crippen molar-refractivity contribution in [1.29, 1.82) is 0 Å². The van der Waals surface area contributed by atoms with Crippen molar-refractivity contribution in [3.8, 4) is 0 Å². The molecule has 0 spiro atoms. The van der Waals surface area contributed by atoms with Crippen molar-refractivity contribution in [3.63, 3.8) is 0 Å². The standard InChI is InChI=1S/C20H18N2O2/c1-14-7-2-4-10-16(14)20(24)21-13-19(23)22-18-12-6-9-15-8-3-5-11-17(15)18/h2-12H,13H2,1H3,(H,21,24)(H,22,23). The summed E-state index contributed by atoms with van der Waals surface area (Å²) in [5.41, 5.74) is 2.20. The summed E-state index contributed by atoms with van der Waals surface area (Å²) in [6, 6.07) is 20.9. The van der Waals surface area contributed by atoms with E-state index in [2.05, 4.69) is 10.6 Å². The van der Waals surface area contributed by atoms with Crippen LogP contribution in [0.4, 0.5) is 5.69 Å². The van der Waals surface area contributed by atoms with E-state index in [0.717, 1.165) is 22.0 Å². The topological polar surface area (TPSA) is 58.2 Å². The van der Waals surface area contributed by atoms with Crippen molar-refractivity contribution in [2.45, 2.75) is 6.92 Å². The van der Waals surface area contributed by atoms with Crippen LogP contribution in [0.15, 0.2) is 66.7 Å². The fourth-order valence-corrected chi connectivity index (χ4v) is 2.61. The van der Waals surface area contributed by atoms with E-state index in [1.165, 1.54) is 0 Å². The Hall–Kier alpha value is -3.14. The predicted molar refractivity (Wildman–Crippen MR) is 96.1 cm³/mol. The SMILES string of the molecule is Cc1ccccc1C(=O)NCC(=O)Nc1cccc2ccccc12. The third kappa shape index (κ3) is 3.43. The number of hydrogen-bond acceptors (Lipinski definition) is 2. The summed E-state index contributed by atoms with van der Waals surface area (Å²) in [7, 11) is 0. The minimum absolute atomic E-state index is 0.0730. The van der Waals surface area contributed by atoms with Crippen LogP contribution >= 0.6 is 0 Å². The fraction of sp³-hybridized carbons (Fsp3) is 0.100. The maximum Gasteiger partial charge on any atom is 0.251 e. The Labute approximate surface area is 140 Å². The van der Waals surface area contributed by atoms with E-state index in [9.17, 15) is 9.59 Å². The van der Waals surface area contributed by atoms with Crippen molar-refractivity contribution in [2.75, 3.05) is 11.9 Å². The molecule has 0 atom stereocenters. The van der Waals surface area contributed by atoms with Crippen LogP contribution in [0.5, 0.6) is 0 Å². The summed E-state index contributed by atoms with van der Waals surface area (Å²) >= 11 is 0. The van der Waals surface area contributed by atoms with Crippen LogP contribution in [0, 0.1) is 6.92 Å². The average Bonchev–Trinajstić information content (AvgIpc) is 2.60. The molecular formula is C20H18N2O2. The third-order valence-corrected chi connectivity index (χ3v) is 3.86. The van der Waals surface area contributed by atoms with Gasteiger partial charge in [0.1, 0.15) is 0 Å². The quantitative estimate of drug-likeness (QED) is 0.773. The van der Waals surface area contributed by atoms with Gasteiger partial charge in [-0.3, -0.25) is 9.59 Å². The fourth-order valence-electron chi connectivity index (χ4n) is 2.61. The highest BCUT2D eigenvalue weighted by molar-refractivity contribution is 6.04. The molecule has 4 heteroatoms. The molecule has 0 aromatic heterocycles. The molecule has 0 bridgehead atoms. The maximum absolute atomic E-state index is 12.2. The monoisotopic (exact) mass is 318 g/mol. The number of anilines is 1. The van der Waals surface area contributed by atoms with Crippen LogP contribution in [0.2, 0.25) is 0 Å². The van der Waals surface area contributed by atoms with Gasteiger partial charge in [0.15, 0.2) is 0 Å². The smallest absolute Gasteiger partial charge is 0.251 e. The van der Waals surface area contributed by atoms with Gasteiger partial charge in [0.25, 0.3) is 5.91 Å². The minimum atomic E-state index is -0.256. The van der Waals surface area contributed by atoms with E-state index >= 15 is 0 Å². The zero-order valence-corrected chi connectivity index (χ0v) is 13.4. The Morgan fingerprint density at radius 3 is 2.42 bits per heavy atom. The first-order chi connectivity index (χ1) is 11.6. The summed E-state index contributed by atoms with van der Waals surface area (Å²) in [5, 5.41) is 7.54. The first-order valence-corrected chi connectivity index (χ1v) is 7.76. The zero-order valence-electron chi connectivity index (χ0n) is 13.4. The van der Waals surface area contributed by atoms with Gasteiger partial charge in [0, 0.05) is 16.6 Å². The van der Waals surface area contributed by atoms with E-state index < -0.39 is 0 Å². The van der Waals surface area contributed by atoms with Crippen molar-refractivity contribution < 1.29 is 9.59 Å². The van der Waals surface area contributed by atoms with Gasteiger partial charge < -0.3 is 10.6 Å². The molecule has 24 heavy (non-hydrogen) atoms. The van der Waals surface area contributed by atoms with E-state index in [4.69, 9.17) is 0 Å². The summed E-state index contributed by atoms with van der Waals surface area (Å²) in [6.45, 7) is 1.79. The van der Waals surface area contributed by atoms with Crippen LogP contribution < -0.4 is 10.6 Å². The molecule has 0 aliphatic carbocycles. The molecule has 0 radical (unpaired) electrons. The van der Waals surface area contributed by atoms with Gasteiger partial charge in [-0.1, -0.05) is 54.6 Å². The number of hydrogen-bond donors (Lipinski definition) is 2. The molecule has 2 N–H and O–H groups in total. The van der Waals surface area contributed by atoms with Gasteiger partial charge in [-0.15, -0.1) is 0 Å². The number of rotatable bonds is 4. The normalized spacial score (nSPS) is 10.4. The molecule has 0 unspecified atom stereocenters. The zero-order chi connectivity index (χ0) is 16.9. The highest BCUT2D eigenvalue weighted by Gasteiger charge is 2.10. The second-order valence-corrected chi connectivity index (χ2v) is 5.57. The number of fused-ring (bicyclic) bond motifs is 1. The highest BCUT2D eigenvalue weighted by atomic mass is 16.2. The Balaban J connectivity index is 1.66. The van der Waals surface area contributed by atoms with Gasteiger partial charge >= 0.3 is 0 Å². The van der Waals surface area contributed by atoms with E-state index in [-0.39, 0.29) is 18.4 Å². The first-order valence-electron chi connectivity index (χ1n) is 7.76. The van der Waals surface area contributed by atoms with Gasteiger partial charge in [-0.25, -0.2) is 0 Å². The molecular weight excluding hydrogens is 300 g/mol. The van der Waals surface area contributed by atoms with Gasteiger partial charge in [-0.05, 0) is 30.0 Å². The van der Waals surface area contributed by atoms with Crippen LogP contribution in [-0.4, -0.2) is 18.4 Å². The Kier molecular flexibility index (Phi) is 4.57. The van der Waals surface area contributed by atoms with Crippen LogP contribution in [0.3, 0.4) is 0 Å². The molecule has 0 aliphatic rings. The lowest BCUT2D eigenvalue weighted by molar-refractivity contribution is -0.115. The average molecular weight is 318 g/mol. The Morgan fingerprint density at radius 2 is 1.58 bits per heavy atom. The van der Waals surface area contributed by atoms with Gasteiger partial charge in [-0.2, -0.15) is 0 Å². The third-order valence-electron chi connectivity index (χ3n) is 3.86. The number of carbonyl (C=O) groups excluding carboxylic acids is 2. The van der Waals surface area contributed by atoms with Crippen molar-refractivity contribution >= 4 is 28.3 Å². The number of nitrogens with one attached hydrogen (secondary N) is 2. The lowest BCUT2D eigenvalue weighted by atomic mass is 10.1. The molecule has 3 aromatic rings. The highest BCUT2D eigenvalue weighted by Crippen LogP contribution is 2.22. The largest absolute Gasteiger partial charge is 0.343 e. The molecule has 0 saturated heterocycles. The maximum atomic E-state index is 12.2. The molecule has 3 rings (SSSR count). The molecule has 0 aliphatic heterocycles. The Bertz CT molecular complexity index is 898. The van der Waals surface area contributed by atoms with Gasteiger partial charge in [0.05, 0.1) is 6.54 Å². The number of benzene rings is 3. The second-order valence-electron chi connectivity index (χ2n) is 5.57. The van der Waals surface area contributed by atoms with Crippen molar-refractivity contribution in [2.24, 2.45) is 0 Å². The van der Waals surface area contributed by atoms with Crippen LogP contribution in [0.25, 0.3) is 10.8 Å². The van der Waals surface area contributed by atoms with Crippen LogP contribution in [0.1, 0.15) is 15.9 Å². The van der Waals surface area contributed by atoms with Crippen LogP contribution in [-0.2, 0) is 4.79 Å². The molecule has 0 saturated carbocycles. The van der Waals surface area contributed by atoms with Crippen molar-refractivity contribution in [3.05, 3.63) is 77.9 Å². The van der Waals surface area contributed by atoms with E-state index in [1.54, 1.807) is 12.1 Å². The molecule has 0 heterocycles. The van der Waals surface area contributed by atoms with Gasteiger partial charge in [0.2, 0.25) is 5.91 Å². The summed E-state index contributed by atoms with van der Waals surface area (Å²) < 4.78 is 0. The summed E-state index contributed by atoms with van der Waals surface area (Å²) in [4.78, 5) is 24.3.